The molecule has 3 aliphatic heterocycles. The van der Waals surface area contributed by atoms with E-state index in [1.807, 2.05) is 18.2 Å². The van der Waals surface area contributed by atoms with Gasteiger partial charge in [-0.15, -0.1) is 0 Å². The zero-order chi connectivity index (χ0) is 23.5. The van der Waals surface area contributed by atoms with Crippen molar-refractivity contribution in [3.63, 3.8) is 0 Å². The maximum atomic E-state index is 13.0. The third-order valence-corrected chi connectivity index (χ3v) is 8.17. The lowest BCUT2D eigenvalue weighted by molar-refractivity contribution is -0.133. The minimum atomic E-state index is 0.0235. The molecule has 1 atom stereocenters. The summed E-state index contributed by atoms with van der Waals surface area (Å²) in [6, 6.07) is 7.40. The number of nitrogens with zero attached hydrogens (tertiary/aromatic N) is 4. The first-order valence-corrected chi connectivity index (χ1v) is 13.0. The lowest BCUT2D eigenvalue weighted by Gasteiger charge is -2.39. The van der Waals surface area contributed by atoms with Crippen LogP contribution in [0.25, 0.3) is 0 Å². The second kappa shape index (κ2) is 10.3. The lowest BCUT2D eigenvalue weighted by atomic mass is 9.78. The largest absolute Gasteiger partial charge is 0.366 e. The predicted molar refractivity (Wildman–Crippen MR) is 137 cm³/mol. The molecule has 182 valence electrons. The predicted octanol–water partition coefficient (Wildman–Crippen LogP) is 4.36. The second-order valence-electron chi connectivity index (χ2n) is 9.83. The fourth-order valence-electron chi connectivity index (χ4n) is 5.45. The second-order valence-corrected chi connectivity index (χ2v) is 10.7. The summed E-state index contributed by atoms with van der Waals surface area (Å²) in [6.07, 6.45) is 8.33. The van der Waals surface area contributed by atoms with Gasteiger partial charge < -0.3 is 20.4 Å². The van der Waals surface area contributed by atoms with Gasteiger partial charge in [0.2, 0.25) is 11.9 Å². The zero-order valence-corrected chi connectivity index (χ0v) is 20.9. The highest BCUT2D eigenvalue weighted by atomic mass is 35.5. The molecule has 3 fully saturated rings. The van der Waals surface area contributed by atoms with E-state index in [4.69, 9.17) is 28.2 Å². The molecule has 0 radical (unpaired) electrons. The standard InChI is InChI=1S/C25H32Cl2N6O/c26-19-5-4-18(20(27)15-19)16-30-22-6-11-29-24(31-22)32-12-7-25(8-13-32)9-14-33(17-25)23(34)21-3-1-2-10-28-21/h4-6,11,15,21,28H,1-3,7-10,12-14,16-17H2,(H,29,30,31)/t21-/m1/s1. The summed E-state index contributed by atoms with van der Waals surface area (Å²) >= 11 is 12.3. The summed E-state index contributed by atoms with van der Waals surface area (Å²) in [7, 11) is 0. The number of hydrogen-bond acceptors (Lipinski definition) is 6. The number of amides is 1. The SMILES string of the molecule is O=C([C@H]1CCCCN1)N1CCC2(CCN(c3nccc(NCc4ccc(Cl)cc4Cl)n3)CC2)C1. The Morgan fingerprint density at radius 3 is 2.74 bits per heavy atom. The third-order valence-electron chi connectivity index (χ3n) is 7.58. The van der Waals surface area contributed by atoms with Crippen LogP contribution in [0, 0.1) is 5.41 Å². The molecule has 1 aromatic carbocycles. The van der Waals surface area contributed by atoms with Crippen LogP contribution in [0.5, 0.6) is 0 Å². The number of nitrogens with one attached hydrogen (secondary N) is 2. The first-order valence-electron chi connectivity index (χ1n) is 12.3. The van der Waals surface area contributed by atoms with E-state index in [1.54, 1.807) is 12.3 Å². The maximum Gasteiger partial charge on any atom is 0.239 e. The average Bonchev–Trinajstić information content (AvgIpc) is 3.27. The molecule has 1 amide bonds. The number of carbonyl (C=O) groups excluding carboxylic acids is 1. The Morgan fingerprint density at radius 2 is 1.97 bits per heavy atom. The van der Waals surface area contributed by atoms with Gasteiger partial charge in [0.15, 0.2) is 0 Å². The molecule has 4 heterocycles. The van der Waals surface area contributed by atoms with E-state index in [0.717, 1.165) is 82.2 Å². The third kappa shape index (κ3) is 5.26. The number of rotatable bonds is 5. The monoisotopic (exact) mass is 502 g/mol. The number of benzene rings is 1. The number of anilines is 2. The van der Waals surface area contributed by atoms with Crippen molar-refractivity contribution in [1.29, 1.82) is 0 Å². The van der Waals surface area contributed by atoms with Crippen molar-refractivity contribution in [3.8, 4) is 0 Å². The van der Waals surface area contributed by atoms with Gasteiger partial charge in [0.05, 0.1) is 6.04 Å². The Balaban J connectivity index is 1.15. The van der Waals surface area contributed by atoms with E-state index in [1.165, 1.54) is 6.42 Å². The van der Waals surface area contributed by atoms with E-state index in [-0.39, 0.29) is 11.5 Å². The van der Waals surface area contributed by atoms with Crippen molar-refractivity contribution in [2.45, 2.75) is 51.1 Å². The van der Waals surface area contributed by atoms with Crippen molar-refractivity contribution < 1.29 is 4.79 Å². The summed E-state index contributed by atoms with van der Waals surface area (Å²) in [5, 5.41) is 8.02. The minimum Gasteiger partial charge on any atom is -0.366 e. The summed E-state index contributed by atoms with van der Waals surface area (Å²) < 4.78 is 0. The van der Waals surface area contributed by atoms with Crippen LogP contribution in [0.3, 0.4) is 0 Å². The van der Waals surface area contributed by atoms with E-state index in [0.29, 0.717) is 22.5 Å². The molecule has 2 aromatic rings. The van der Waals surface area contributed by atoms with Gasteiger partial charge in [-0.25, -0.2) is 4.98 Å². The minimum absolute atomic E-state index is 0.0235. The molecular weight excluding hydrogens is 471 g/mol. The van der Waals surface area contributed by atoms with Crippen molar-refractivity contribution in [1.82, 2.24) is 20.2 Å². The topological polar surface area (TPSA) is 73.4 Å². The molecule has 1 spiro atoms. The number of piperidine rings is 2. The van der Waals surface area contributed by atoms with Gasteiger partial charge in [-0.2, -0.15) is 4.98 Å². The molecule has 5 rings (SSSR count). The first kappa shape index (κ1) is 23.6. The summed E-state index contributed by atoms with van der Waals surface area (Å²) in [4.78, 5) is 26.6. The van der Waals surface area contributed by atoms with Crippen LogP contribution < -0.4 is 15.5 Å². The van der Waals surface area contributed by atoms with Crippen molar-refractivity contribution in [2.24, 2.45) is 5.41 Å². The Morgan fingerprint density at radius 1 is 1.15 bits per heavy atom. The Kier molecular flexibility index (Phi) is 7.14. The van der Waals surface area contributed by atoms with Crippen molar-refractivity contribution in [3.05, 3.63) is 46.1 Å². The molecule has 1 aromatic heterocycles. The number of likely N-dealkylation sites (tertiary alicyclic amines) is 1. The molecular formula is C25H32Cl2N6O. The highest BCUT2D eigenvalue weighted by molar-refractivity contribution is 6.35. The van der Waals surface area contributed by atoms with Gasteiger partial charge in [-0.1, -0.05) is 35.7 Å². The highest BCUT2D eigenvalue weighted by Crippen LogP contribution is 2.41. The van der Waals surface area contributed by atoms with E-state index < -0.39 is 0 Å². The molecule has 34 heavy (non-hydrogen) atoms. The Hall–Kier alpha value is -2.09. The molecule has 2 N–H and O–H groups in total. The van der Waals surface area contributed by atoms with Gasteiger partial charge in [-0.3, -0.25) is 4.79 Å². The molecule has 0 unspecified atom stereocenters. The van der Waals surface area contributed by atoms with Crippen LogP contribution in [0.15, 0.2) is 30.5 Å². The van der Waals surface area contributed by atoms with Crippen LogP contribution in [-0.2, 0) is 11.3 Å². The first-order chi connectivity index (χ1) is 16.5. The quantitative estimate of drug-likeness (QED) is 0.632. The normalized spacial score (nSPS) is 22.2. The van der Waals surface area contributed by atoms with E-state index in [2.05, 4.69) is 25.4 Å². The molecule has 0 bridgehead atoms. The molecule has 3 saturated heterocycles. The van der Waals surface area contributed by atoms with Gasteiger partial charge >= 0.3 is 0 Å². The maximum absolute atomic E-state index is 13.0. The fraction of sp³-hybridized carbons (Fsp3) is 0.560. The zero-order valence-electron chi connectivity index (χ0n) is 19.4. The average molecular weight is 503 g/mol. The number of carbonyl (C=O) groups is 1. The highest BCUT2D eigenvalue weighted by Gasteiger charge is 2.43. The van der Waals surface area contributed by atoms with E-state index in [9.17, 15) is 4.79 Å². The fourth-order valence-corrected chi connectivity index (χ4v) is 5.92. The van der Waals surface area contributed by atoms with Crippen LogP contribution in [-0.4, -0.2) is 59.5 Å². The van der Waals surface area contributed by atoms with Gasteiger partial charge in [0.25, 0.3) is 0 Å². The van der Waals surface area contributed by atoms with Crippen molar-refractivity contribution in [2.75, 3.05) is 42.9 Å². The van der Waals surface area contributed by atoms with Gasteiger partial charge in [0, 0.05) is 49.0 Å². The smallest absolute Gasteiger partial charge is 0.239 e. The lowest BCUT2D eigenvalue weighted by Crippen LogP contribution is -2.49. The summed E-state index contributed by atoms with van der Waals surface area (Å²) in [5.74, 6) is 1.83. The molecule has 9 heteroatoms. The molecule has 0 aliphatic carbocycles. The molecule has 0 saturated carbocycles. The van der Waals surface area contributed by atoms with E-state index >= 15 is 0 Å². The van der Waals surface area contributed by atoms with Crippen LogP contribution >= 0.6 is 23.2 Å². The molecule has 7 nitrogen and oxygen atoms in total. The number of aromatic nitrogens is 2. The van der Waals surface area contributed by atoms with Gasteiger partial charge in [-0.05, 0) is 67.8 Å². The van der Waals surface area contributed by atoms with Crippen LogP contribution in [0.2, 0.25) is 10.0 Å². The van der Waals surface area contributed by atoms with Crippen molar-refractivity contribution >= 4 is 40.9 Å². The molecule has 3 aliphatic rings. The Labute approximate surface area is 211 Å². The van der Waals surface area contributed by atoms with Gasteiger partial charge in [0.1, 0.15) is 5.82 Å². The Bertz CT molecular complexity index is 1020. The summed E-state index contributed by atoms with van der Waals surface area (Å²) in [6.45, 7) is 5.13. The summed E-state index contributed by atoms with van der Waals surface area (Å²) in [5.41, 5.74) is 1.21. The number of halogens is 2. The van der Waals surface area contributed by atoms with Crippen LogP contribution in [0.4, 0.5) is 11.8 Å². The number of hydrogen-bond donors (Lipinski definition) is 2. The van der Waals surface area contributed by atoms with Crippen LogP contribution in [0.1, 0.15) is 44.1 Å².